The van der Waals surface area contributed by atoms with Gasteiger partial charge in [-0.1, -0.05) is 49.2 Å². The number of carbonyl (C=O) groups is 2. The minimum atomic E-state index is -4.32. The lowest BCUT2D eigenvalue weighted by molar-refractivity contribution is -0.140. The number of benzene rings is 3. The van der Waals surface area contributed by atoms with Gasteiger partial charge in [-0.3, -0.25) is 13.9 Å². The second-order valence-corrected chi connectivity index (χ2v) is 13.6. The molecular weight excluding hydrogens is 637 g/mol. The summed E-state index contributed by atoms with van der Waals surface area (Å²) in [5.74, 6) is -0.327. The van der Waals surface area contributed by atoms with E-state index in [1.165, 1.54) is 37.3 Å². The van der Waals surface area contributed by atoms with E-state index in [2.05, 4.69) is 5.32 Å². The predicted molar refractivity (Wildman–Crippen MR) is 179 cm³/mol. The number of carbonyl (C=O) groups excluding carboxylic acids is 2. The van der Waals surface area contributed by atoms with Crippen LogP contribution in [0.1, 0.15) is 50.3 Å². The lowest BCUT2D eigenvalue weighted by Crippen LogP contribution is -2.53. The zero-order valence-electron chi connectivity index (χ0n) is 26.7. The van der Waals surface area contributed by atoms with Gasteiger partial charge in [0.05, 0.1) is 34.8 Å². The Morgan fingerprint density at radius 3 is 2.07 bits per heavy atom. The summed E-state index contributed by atoms with van der Waals surface area (Å²) in [4.78, 5) is 29.1. The SMILES string of the molecule is CCC(C)NC(=O)C(CC)N(Cc1ccc(Cl)c(Cl)c1)C(=O)CN(c1cc(C)cc(C)c1)S(=O)(=O)c1ccc(OC)c(OC)c1. The molecule has 3 rings (SSSR count). The molecule has 2 atom stereocenters. The molecule has 0 aliphatic rings. The van der Waals surface area contributed by atoms with E-state index >= 15 is 0 Å². The van der Waals surface area contributed by atoms with Gasteiger partial charge in [-0.2, -0.15) is 0 Å². The molecule has 3 aromatic rings. The van der Waals surface area contributed by atoms with E-state index < -0.39 is 28.5 Å². The van der Waals surface area contributed by atoms with Crippen LogP contribution in [0.4, 0.5) is 5.69 Å². The van der Waals surface area contributed by atoms with Gasteiger partial charge in [-0.25, -0.2) is 8.42 Å². The average molecular weight is 679 g/mol. The highest BCUT2D eigenvalue weighted by atomic mass is 35.5. The molecule has 0 aliphatic heterocycles. The predicted octanol–water partition coefficient (Wildman–Crippen LogP) is 6.54. The molecular formula is C33H41Cl2N3O6S. The van der Waals surface area contributed by atoms with Gasteiger partial charge in [-0.05, 0) is 86.7 Å². The van der Waals surface area contributed by atoms with E-state index in [1.54, 1.807) is 37.3 Å². The number of sulfonamides is 1. The monoisotopic (exact) mass is 677 g/mol. The molecule has 0 aromatic heterocycles. The number of anilines is 1. The van der Waals surface area contributed by atoms with Gasteiger partial charge < -0.3 is 19.7 Å². The first-order valence-corrected chi connectivity index (χ1v) is 16.8. The number of amides is 2. The van der Waals surface area contributed by atoms with Crippen molar-refractivity contribution in [3.05, 3.63) is 81.3 Å². The summed E-state index contributed by atoms with van der Waals surface area (Å²) in [6, 6.07) is 13.5. The summed E-state index contributed by atoms with van der Waals surface area (Å²) in [6.45, 7) is 8.76. The molecule has 2 unspecified atom stereocenters. The Balaban J connectivity index is 2.15. The number of methoxy groups -OCH3 is 2. The largest absolute Gasteiger partial charge is 0.493 e. The van der Waals surface area contributed by atoms with Crippen LogP contribution in [0.5, 0.6) is 11.5 Å². The van der Waals surface area contributed by atoms with Crippen molar-refractivity contribution < 1.29 is 27.5 Å². The van der Waals surface area contributed by atoms with Gasteiger partial charge in [0.15, 0.2) is 11.5 Å². The third-order valence-corrected chi connectivity index (χ3v) is 9.95. The molecule has 0 bridgehead atoms. The normalized spacial score (nSPS) is 12.6. The van der Waals surface area contributed by atoms with Crippen molar-refractivity contribution in [3.8, 4) is 11.5 Å². The number of hydrogen-bond acceptors (Lipinski definition) is 6. The van der Waals surface area contributed by atoms with Crippen molar-refractivity contribution in [2.24, 2.45) is 0 Å². The summed E-state index contributed by atoms with van der Waals surface area (Å²) in [5.41, 5.74) is 2.57. The molecule has 0 aliphatic carbocycles. The maximum Gasteiger partial charge on any atom is 0.264 e. The zero-order valence-corrected chi connectivity index (χ0v) is 29.0. The van der Waals surface area contributed by atoms with Crippen LogP contribution in [0, 0.1) is 13.8 Å². The van der Waals surface area contributed by atoms with Crippen molar-refractivity contribution in [1.82, 2.24) is 10.2 Å². The topological polar surface area (TPSA) is 105 Å². The van der Waals surface area contributed by atoms with Crippen LogP contribution in [-0.2, 0) is 26.2 Å². The van der Waals surface area contributed by atoms with E-state index in [0.29, 0.717) is 39.9 Å². The molecule has 0 spiro atoms. The second kappa shape index (κ2) is 15.7. The molecule has 0 saturated carbocycles. The Morgan fingerprint density at radius 1 is 0.867 bits per heavy atom. The fraction of sp³-hybridized carbons (Fsp3) is 0.394. The molecule has 2 amide bonds. The molecule has 9 nitrogen and oxygen atoms in total. The van der Waals surface area contributed by atoms with Crippen molar-refractivity contribution in [2.45, 2.75) is 71.0 Å². The fourth-order valence-electron chi connectivity index (χ4n) is 4.92. The number of nitrogens with one attached hydrogen (secondary N) is 1. The number of hydrogen-bond donors (Lipinski definition) is 1. The maximum absolute atomic E-state index is 14.4. The van der Waals surface area contributed by atoms with Gasteiger partial charge >= 0.3 is 0 Å². The minimum Gasteiger partial charge on any atom is -0.493 e. The van der Waals surface area contributed by atoms with Gasteiger partial charge in [0, 0.05) is 18.7 Å². The van der Waals surface area contributed by atoms with Crippen molar-refractivity contribution in [3.63, 3.8) is 0 Å². The van der Waals surface area contributed by atoms with Crippen molar-refractivity contribution in [2.75, 3.05) is 25.1 Å². The molecule has 0 heterocycles. The van der Waals surface area contributed by atoms with E-state index in [-0.39, 0.29) is 29.1 Å². The Hall–Kier alpha value is -3.47. The van der Waals surface area contributed by atoms with Crippen LogP contribution in [0.3, 0.4) is 0 Å². The second-order valence-electron chi connectivity index (χ2n) is 10.9. The summed E-state index contributed by atoms with van der Waals surface area (Å²) in [5, 5.41) is 3.61. The van der Waals surface area contributed by atoms with E-state index in [1.807, 2.05) is 33.8 Å². The molecule has 0 saturated heterocycles. The summed E-state index contributed by atoms with van der Waals surface area (Å²) in [6.07, 6.45) is 0.994. The molecule has 12 heteroatoms. The summed E-state index contributed by atoms with van der Waals surface area (Å²) < 4.78 is 40.4. The Bertz CT molecular complexity index is 1610. The van der Waals surface area contributed by atoms with Crippen LogP contribution in [0.25, 0.3) is 0 Å². The first kappa shape index (κ1) is 36.0. The highest BCUT2D eigenvalue weighted by molar-refractivity contribution is 7.92. The highest BCUT2D eigenvalue weighted by Crippen LogP contribution is 2.33. The third kappa shape index (κ3) is 8.83. The number of rotatable bonds is 14. The molecule has 45 heavy (non-hydrogen) atoms. The van der Waals surface area contributed by atoms with Crippen molar-refractivity contribution >= 4 is 50.7 Å². The molecule has 3 aromatic carbocycles. The smallest absolute Gasteiger partial charge is 0.264 e. The summed E-state index contributed by atoms with van der Waals surface area (Å²) >= 11 is 12.4. The Kier molecular flexibility index (Phi) is 12.6. The number of ether oxygens (including phenoxy) is 2. The van der Waals surface area contributed by atoms with Crippen LogP contribution in [0.15, 0.2) is 59.5 Å². The fourth-order valence-corrected chi connectivity index (χ4v) is 6.66. The van der Waals surface area contributed by atoms with Crippen LogP contribution >= 0.6 is 23.2 Å². The van der Waals surface area contributed by atoms with E-state index in [0.717, 1.165) is 15.4 Å². The van der Waals surface area contributed by atoms with E-state index in [9.17, 15) is 18.0 Å². The van der Waals surface area contributed by atoms with Gasteiger partial charge in [0.1, 0.15) is 12.6 Å². The van der Waals surface area contributed by atoms with Gasteiger partial charge in [0.25, 0.3) is 10.0 Å². The van der Waals surface area contributed by atoms with Gasteiger partial charge in [0.2, 0.25) is 11.8 Å². The van der Waals surface area contributed by atoms with Crippen LogP contribution in [0.2, 0.25) is 10.0 Å². The molecule has 0 radical (unpaired) electrons. The minimum absolute atomic E-state index is 0.000748. The zero-order chi connectivity index (χ0) is 33.5. The van der Waals surface area contributed by atoms with Crippen LogP contribution < -0.4 is 19.1 Å². The van der Waals surface area contributed by atoms with Crippen molar-refractivity contribution in [1.29, 1.82) is 0 Å². The first-order chi connectivity index (χ1) is 21.2. The number of nitrogens with zero attached hydrogens (tertiary/aromatic N) is 2. The number of aryl methyl sites for hydroxylation is 2. The first-order valence-electron chi connectivity index (χ1n) is 14.6. The molecule has 1 N–H and O–H groups in total. The average Bonchev–Trinajstić information content (AvgIpc) is 3.00. The lowest BCUT2D eigenvalue weighted by Gasteiger charge is -2.34. The standard InChI is InChI=1S/C33H41Cl2N3O6S/c1-8-23(5)36-33(40)29(9-2)37(19-24-10-12-27(34)28(35)17-24)32(39)20-38(25-15-21(3)14-22(4)16-25)45(41,42)26-11-13-30(43-6)31(18-26)44-7/h10-18,23,29H,8-9,19-20H2,1-7H3,(H,36,40). The highest BCUT2D eigenvalue weighted by Gasteiger charge is 2.34. The Labute approximate surface area is 276 Å². The molecule has 244 valence electrons. The third-order valence-electron chi connectivity index (χ3n) is 7.44. The molecule has 0 fully saturated rings. The lowest BCUT2D eigenvalue weighted by atomic mass is 10.1. The Morgan fingerprint density at radius 2 is 1.51 bits per heavy atom. The van der Waals surface area contributed by atoms with Crippen LogP contribution in [-0.4, -0.2) is 58.0 Å². The van der Waals surface area contributed by atoms with E-state index in [4.69, 9.17) is 32.7 Å². The number of halogens is 2. The summed E-state index contributed by atoms with van der Waals surface area (Å²) in [7, 11) is -1.46. The quantitative estimate of drug-likeness (QED) is 0.208. The maximum atomic E-state index is 14.4. The van der Waals surface area contributed by atoms with Gasteiger partial charge in [-0.15, -0.1) is 0 Å².